The molecule has 0 saturated carbocycles. The molecule has 0 radical (unpaired) electrons. The minimum Gasteiger partial charge on any atom is -0.374 e. The predicted molar refractivity (Wildman–Crippen MR) is 52.6 cm³/mol. The van der Waals surface area contributed by atoms with Crippen LogP contribution in [0.4, 0.5) is 8.78 Å². The van der Waals surface area contributed by atoms with E-state index < -0.39 is 13.0 Å². The van der Waals surface area contributed by atoms with Crippen molar-refractivity contribution < 1.29 is 18.3 Å². The number of ether oxygens (including phenoxy) is 1. The lowest BCUT2D eigenvalue weighted by molar-refractivity contribution is -0.125. The second-order valence-corrected chi connectivity index (χ2v) is 3.40. The molecule has 15 heavy (non-hydrogen) atoms. The molecule has 1 amide bonds. The predicted octanol–water partition coefficient (Wildman–Crippen LogP) is 0.368. The van der Waals surface area contributed by atoms with Gasteiger partial charge in [-0.2, -0.15) is 0 Å². The van der Waals surface area contributed by atoms with Crippen LogP contribution in [0.15, 0.2) is 0 Å². The van der Waals surface area contributed by atoms with Crippen LogP contribution in [-0.4, -0.2) is 38.1 Å². The Labute approximate surface area is 88.2 Å². The van der Waals surface area contributed by atoms with E-state index >= 15 is 0 Å². The number of hydrogen-bond acceptors (Lipinski definition) is 3. The minimum absolute atomic E-state index is 0.0851. The van der Waals surface area contributed by atoms with Gasteiger partial charge in [0.2, 0.25) is 5.91 Å². The van der Waals surface area contributed by atoms with Gasteiger partial charge in [-0.1, -0.05) is 6.92 Å². The second kappa shape index (κ2) is 7.53. The lowest BCUT2D eigenvalue weighted by Crippen LogP contribution is -2.39. The van der Waals surface area contributed by atoms with Crippen molar-refractivity contribution in [2.24, 2.45) is 11.7 Å². The first kappa shape index (κ1) is 14.2. The van der Waals surface area contributed by atoms with Gasteiger partial charge < -0.3 is 15.8 Å². The van der Waals surface area contributed by atoms with Crippen LogP contribution in [0.3, 0.4) is 0 Å². The van der Waals surface area contributed by atoms with Gasteiger partial charge in [0.1, 0.15) is 6.61 Å². The van der Waals surface area contributed by atoms with Crippen LogP contribution in [0.25, 0.3) is 0 Å². The highest BCUT2D eigenvalue weighted by molar-refractivity contribution is 5.78. The first-order chi connectivity index (χ1) is 6.95. The number of alkyl halides is 2. The molecule has 2 atom stereocenters. The molecule has 90 valence electrons. The number of carbonyl (C=O) groups excluding carboxylic acids is 1. The summed E-state index contributed by atoms with van der Waals surface area (Å²) in [6.07, 6.45) is -2.47. The summed E-state index contributed by atoms with van der Waals surface area (Å²) in [7, 11) is 0. The summed E-state index contributed by atoms with van der Waals surface area (Å²) in [5.41, 5.74) is 5.52. The molecule has 0 aromatic rings. The Hall–Kier alpha value is -0.750. The maximum Gasteiger partial charge on any atom is 0.261 e. The zero-order valence-corrected chi connectivity index (χ0v) is 9.00. The molecular weight excluding hydrogens is 206 g/mol. The number of amides is 1. The number of hydrogen-bond donors (Lipinski definition) is 2. The first-order valence-electron chi connectivity index (χ1n) is 4.84. The Balaban J connectivity index is 3.47. The fraction of sp³-hybridized carbons (Fsp3) is 0.889. The normalized spacial score (nSPS) is 15.1. The van der Waals surface area contributed by atoms with Crippen LogP contribution < -0.4 is 11.1 Å². The first-order valence-corrected chi connectivity index (χ1v) is 4.84. The molecule has 0 aromatic carbocycles. The number of rotatable bonds is 7. The molecule has 6 heteroatoms. The molecule has 0 aliphatic heterocycles. The van der Waals surface area contributed by atoms with Crippen molar-refractivity contribution in [3.8, 4) is 0 Å². The molecule has 0 heterocycles. The number of halogens is 2. The fourth-order valence-corrected chi connectivity index (χ4v) is 0.819. The van der Waals surface area contributed by atoms with Crippen LogP contribution in [-0.2, 0) is 9.53 Å². The van der Waals surface area contributed by atoms with Crippen molar-refractivity contribution in [1.29, 1.82) is 0 Å². The molecule has 3 N–H and O–H groups in total. The summed E-state index contributed by atoms with van der Waals surface area (Å²) in [5, 5.41) is 2.55. The van der Waals surface area contributed by atoms with Gasteiger partial charge in [0.25, 0.3) is 6.43 Å². The highest BCUT2D eigenvalue weighted by Gasteiger charge is 2.15. The highest BCUT2D eigenvalue weighted by atomic mass is 19.3. The third kappa shape index (κ3) is 7.21. The molecule has 4 nitrogen and oxygen atoms in total. The van der Waals surface area contributed by atoms with Gasteiger partial charge in [-0.25, -0.2) is 8.78 Å². The molecule has 0 saturated heterocycles. The van der Waals surface area contributed by atoms with E-state index in [1.165, 1.54) is 0 Å². The zero-order valence-electron chi connectivity index (χ0n) is 9.00. The van der Waals surface area contributed by atoms with E-state index in [0.717, 1.165) is 0 Å². The summed E-state index contributed by atoms with van der Waals surface area (Å²) >= 11 is 0. The Morgan fingerprint density at radius 2 is 2.07 bits per heavy atom. The van der Waals surface area contributed by atoms with Crippen molar-refractivity contribution in [1.82, 2.24) is 5.32 Å². The minimum atomic E-state index is -2.47. The average molecular weight is 224 g/mol. The lowest BCUT2D eigenvalue weighted by atomic mass is 10.0. The van der Waals surface area contributed by atoms with Crippen molar-refractivity contribution in [3.63, 3.8) is 0 Å². The monoisotopic (exact) mass is 224 g/mol. The molecular formula is C9H18F2N2O2. The van der Waals surface area contributed by atoms with Crippen LogP contribution >= 0.6 is 0 Å². The lowest BCUT2D eigenvalue weighted by Gasteiger charge is -2.15. The standard InChI is InChI=1S/C9H18F2N2O2/c1-6(7(2)12)9(14)13-3-4-15-5-8(10)11/h6-8H,3-5,12H2,1-2H3,(H,13,14). The molecule has 0 bridgehead atoms. The third-order valence-electron chi connectivity index (χ3n) is 1.99. The van der Waals surface area contributed by atoms with E-state index in [0.29, 0.717) is 0 Å². The average Bonchev–Trinajstić information content (AvgIpc) is 2.15. The topological polar surface area (TPSA) is 64.4 Å². The van der Waals surface area contributed by atoms with E-state index in [-0.39, 0.29) is 31.0 Å². The smallest absolute Gasteiger partial charge is 0.261 e. The van der Waals surface area contributed by atoms with Gasteiger partial charge in [-0.05, 0) is 6.92 Å². The Morgan fingerprint density at radius 3 is 2.53 bits per heavy atom. The van der Waals surface area contributed by atoms with E-state index in [9.17, 15) is 13.6 Å². The van der Waals surface area contributed by atoms with Gasteiger partial charge in [0, 0.05) is 18.5 Å². The summed E-state index contributed by atoms with van der Waals surface area (Å²) < 4.78 is 27.8. The summed E-state index contributed by atoms with van der Waals surface area (Å²) in [5.74, 6) is -0.481. The summed E-state index contributed by atoms with van der Waals surface area (Å²) in [6, 6.07) is -0.230. The molecule has 0 aliphatic carbocycles. The molecule has 0 aromatic heterocycles. The Bertz CT molecular complexity index is 189. The van der Waals surface area contributed by atoms with E-state index in [1.54, 1.807) is 13.8 Å². The second-order valence-electron chi connectivity index (χ2n) is 3.40. The molecule has 0 rings (SSSR count). The van der Waals surface area contributed by atoms with E-state index in [2.05, 4.69) is 10.1 Å². The van der Waals surface area contributed by atoms with Gasteiger partial charge in [0.05, 0.1) is 6.61 Å². The van der Waals surface area contributed by atoms with Crippen LogP contribution in [0, 0.1) is 5.92 Å². The molecule has 0 aliphatic rings. The van der Waals surface area contributed by atoms with Crippen LogP contribution in [0.1, 0.15) is 13.8 Å². The highest BCUT2D eigenvalue weighted by Crippen LogP contribution is 1.98. The zero-order chi connectivity index (χ0) is 11.8. The van der Waals surface area contributed by atoms with Gasteiger partial charge in [-0.15, -0.1) is 0 Å². The molecule has 0 fully saturated rings. The van der Waals surface area contributed by atoms with Crippen molar-refractivity contribution in [2.45, 2.75) is 26.3 Å². The fourth-order valence-electron chi connectivity index (χ4n) is 0.819. The van der Waals surface area contributed by atoms with Gasteiger partial charge in [-0.3, -0.25) is 4.79 Å². The Kier molecular flexibility index (Phi) is 7.15. The number of carbonyl (C=O) groups is 1. The molecule has 2 unspecified atom stereocenters. The Morgan fingerprint density at radius 1 is 1.47 bits per heavy atom. The summed E-state index contributed by atoms with van der Waals surface area (Å²) in [4.78, 5) is 11.3. The van der Waals surface area contributed by atoms with Crippen LogP contribution in [0.5, 0.6) is 0 Å². The maximum absolute atomic E-state index is 11.6. The maximum atomic E-state index is 11.6. The van der Waals surface area contributed by atoms with E-state index in [1.807, 2.05) is 0 Å². The quantitative estimate of drug-likeness (QED) is 0.614. The van der Waals surface area contributed by atoms with Gasteiger partial charge >= 0.3 is 0 Å². The van der Waals surface area contributed by atoms with Crippen LogP contribution in [0.2, 0.25) is 0 Å². The van der Waals surface area contributed by atoms with Crippen molar-refractivity contribution in [3.05, 3.63) is 0 Å². The SMILES string of the molecule is CC(N)C(C)C(=O)NCCOCC(F)F. The van der Waals surface area contributed by atoms with Gasteiger partial charge in [0.15, 0.2) is 0 Å². The molecule has 0 spiro atoms. The van der Waals surface area contributed by atoms with Crippen molar-refractivity contribution in [2.75, 3.05) is 19.8 Å². The summed E-state index contributed by atoms with van der Waals surface area (Å²) in [6.45, 7) is 3.15. The number of nitrogens with two attached hydrogens (primary N) is 1. The number of nitrogens with one attached hydrogen (secondary N) is 1. The van der Waals surface area contributed by atoms with Crippen molar-refractivity contribution >= 4 is 5.91 Å². The largest absolute Gasteiger partial charge is 0.374 e. The third-order valence-corrected chi connectivity index (χ3v) is 1.99. The van der Waals surface area contributed by atoms with E-state index in [4.69, 9.17) is 5.73 Å².